The van der Waals surface area contributed by atoms with E-state index in [0.29, 0.717) is 52.5 Å². The van der Waals surface area contributed by atoms with Gasteiger partial charge in [-0.2, -0.15) is 17.0 Å². The van der Waals surface area contributed by atoms with Gasteiger partial charge in [0.1, 0.15) is 0 Å². The van der Waals surface area contributed by atoms with E-state index in [2.05, 4.69) is 4.90 Å². The van der Waals surface area contributed by atoms with Crippen LogP contribution in [0.15, 0.2) is 0 Å². The van der Waals surface area contributed by atoms with Crippen molar-refractivity contribution in [3.05, 3.63) is 0 Å². The third-order valence-corrected chi connectivity index (χ3v) is 6.13. The summed E-state index contributed by atoms with van der Waals surface area (Å²) in [6, 6.07) is 0.142. The smallest absolute Gasteiger partial charge is 0.282 e. The molecule has 7 nitrogen and oxygen atoms in total. The molecule has 0 aromatic carbocycles. The number of rotatable bonds is 5. The van der Waals surface area contributed by atoms with Gasteiger partial charge in [-0.05, 0) is 6.42 Å². The normalized spacial score (nSPS) is 25.7. The number of hydrogen-bond donors (Lipinski definition) is 1. The first-order valence-corrected chi connectivity index (χ1v) is 8.67. The van der Waals surface area contributed by atoms with Gasteiger partial charge in [0.2, 0.25) is 0 Å². The molecule has 2 saturated heterocycles. The van der Waals surface area contributed by atoms with E-state index in [9.17, 15) is 13.5 Å². The molecular formula is C12H25N3O4S. The Morgan fingerprint density at radius 1 is 1.05 bits per heavy atom. The zero-order valence-electron chi connectivity index (χ0n) is 12.1. The third kappa shape index (κ3) is 3.49. The largest absolute Gasteiger partial charge is 0.395 e. The van der Waals surface area contributed by atoms with Crippen LogP contribution in [0.5, 0.6) is 0 Å². The van der Waals surface area contributed by atoms with Crippen LogP contribution in [0, 0.1) is 0 Å². The fraction of sp³-hybridized carbons (Fsp3) is 1.00. The maximum Gasteiger partial charge on any atom is 0.282 e. The summed E-state index contributed by atoms with van der Waals surface area (Å²) in [6.07, 6.45) is 0.882. The molecule has 1 N–H and O–H groups in total. The van der Waals surface area contributed by atoms with Crippen molar-refractivity contribution in [1.29, 1.82) is 0 Å². The van der Waals surface area contributed by atoms with Crippen molar-refractivity contribution in [2.24, 2.45) is 0 Å². The fourth-order valence-corrected chi connectivity index (χ4v) is 4.30. The molecule has 20 heavy (non-hydrogen) atoms. The summed E-state index contributed by atoms with van der Waals surface area (Å²) in [7, 11) is -3.35. The number of piperazine rings is 1. The number of aliphatic hydroxyl groups is 1. The Morgan fingerprint density at radius 2 is 1.60 bits per heavy atom. The van der Waals surface area contributed by atoms with Gasteiger partial charge in [0.25, 0.3) is 10.2 Å². The number of aliphatic hydroxyl groups excluding tert-OH is 1. The summed E-state index contributed by atoms with van der Waals surface area (Å²) in [6.45, 7) is 6.36. The highest BCUT2D eigenvalue weighted by Gasteiger charge is 2.34. The summed E-state index contributed by atoms with van der Waals surface area (Å²) in [5, 5.41) is 9.31. The number of ether oxygens (including phenoxy) is 1. The molecule has 0 amide bonds. The highest BCUT2D eigenvalue weighted by molar-refractivity contribution is 7.86. The number of nitrogens with zero attached hydrogens (tertiary/aromatic N) is 3. The van der Waals surface area contributed by atoms with Crippen LogP contribution in [0.4, 0.5) is 0 Å². The van der Waals surface area contributed by atoms with E-state index in [-0.39, 0.29) is 12.6 Å². The molecule has 0 saturated carbocycles. The Kier molecular flexibility index (Phi) is 5.76. The van der Waals surface area contributed by atoms with Gasteiger partial charge in [0, 0.05) is 45.3 Å². The van der Waals surface area contributed by atoms with Gasteiger partial charge in [-0.25, -0.2) is 0 Å². The molecule has 0 radical (unpaired) electrons. The zero-order chi connectivity index (χ0) is 14.6. The standard InChI is InChI=1S/C12H25N3O4S/c1-2-12(11-16)13-3-5-14(6-4-13)20(17,18)15-7-9-19-10-8-15/h12,16H,2-11H2,1H3/t12-/m1/s1. The fourth-order valence-electron chi connectivity index (χ4n) is 2.74. The maximum absolute atomic E-state index is 12.5. The van der Waals surface area contributed by atoms with Crippen molar-refractivity contribution >= 4 is 10.2 Å². The molecule has 1 atom stereocenters. The molecule has 0 unspecified atom stereocenters. The van der Waals surface area contributed by atoms with Crippen molar-refractivity contribution in [3.8, 4) is 0 Å². The quantitative estimate of drug-likeness (QED) is 0.702. The molecule has 2 heterocycles. The van der Waals surface area contributed by atoms with Crippen molar-refractivity contribution in [2.75, 3.05) is 59.1 Å². The Hall–Kier alpha value is -0.250. The lowest BCUT2D eigenvalue weighted by atomic mass is 10.2. The number of morpholine rings is 1. The van der Waals surface area contributed by atoms with E-state index in [4.69, 9.17) is 4.74 Å². The first-order chi connectivity index (χ1) is 9.59. The summed E-state index contributed by atoms with van der Waals surface area (Å²) < 4.78 is 33.2. The lowest BCUT2D eigenvalue weighted by Gasteiger charge is -2.40. The summed E-state index contributed by atoms with van der Waals surface area (Å²) >= 11 is 0. The van der Waals surface area contributed by atoms with E-state index >= 15 is 0 Å². The van der Waals surface area contributed by atoms with Crippen LogP contribution in [-0.2, 0) is 14.9 Å². The maximum atomic E-state index is 12.5. The zero-order valence-corrected chi connectivity index (χ0v) is 12.9. The predicted molar refractivity (Wildman–Crippen MR) is 75.6 cm³/mol. The van der Waals surface area contributed by atoms with Crippen LogP contribution in [0.25, 0.3) is 0 Å². The molecule has 0 aromatic rings. The van der Waals surface area contributed by atoms with Crippen LogP contribution in [0.3, 0.4) is 0 Å². The topological polar surface area (TPSA) is 73.3 Å². The molecule has 2 aliphatic heterocycles. The van der Waals surface area contributed by atoms with Gasteiger partial charge in [-0.3, -0.25) is 4.90 Å². The van der Waals surface area contributed by atoms with Crippen molar-refractivity contribution in [2.45, 2.75) is 19.4 Å². The summed E-state index contributed by atoms with van der Waals surface area (Å²) in [5.41, 5.74) is 0. The van der Waals surface area contributed by atoms with Gasteiger partial charge < -0.3 is 9.84 Å². The summed E-state index contributed by atoms with van der Waals surface area (Å²) in [5.74, 6) is 0. The Balaban J connectivity index is 1.92. The van der Waals surface area contributed by atoms with E-state index in [0.717, 1.165) is 6.42 Å². The van der Waals surface area contributed by atoms with Crippen LogP contribution < -0.4 is 0 Å². The van der Waals surface area contributed by atoms with Gasteiger partial charge in [-0.15, -0.1) is 0 Å². The molecular weight excluding hydrogens is 282 g/mol. The molecule has 0 spiro atoms. The van der Waals surface area contributed by atoms with Gasteiger partial charge in [0.05, 0.1) is 19.8 Å². The molecule has 0 aromatic heterocycles. The molecule has 2 aliphatic rings. The average Bonchev–Trinajstić information content (AvgIpc) is 2.50. The lowest BCUT2D eigenvalue weighted by Crippen LogP contribution is -2.56. The van der Waals surface area contributed by atoms with Gasteiger partial charge in [-0.1, -0.05) is 6.92 Å². The van der Waals surface area contributed by atoms with Crippen molar-refractivity contribution < 1.29 is 18.3 Å². The lowest BCUT2D eigenvalue weighted by molar-refractivity contribution is 0.0636. The second-order valence-electron chi connectivity index (χ2n) is 5.20. The first-order valence-electron chi connectivity index (χ1n) is 7.27. The monoisotopic (exact) mass is 307 g/mol. The SMILES string of the molecule is CC[C@H](CO)N1CCN(S(=O)(=O)N2CCOCC2)CC1. The van der Waals surface area contributed by atoms with Crippen LogP contribution >= 0.6 is 0 Å². The molecule has 8 heteroatoms. The van der Waals surface area contributed by atoms with Gasteiger partial charge >= 0.3 is 0 Å². The third-order valence-electron chi connectivity index (χ3n) is 4.09. The molecule has 0 aliphatic carbocycles. The van der Waals surface area contributed by atoms with E-state index in [1.807, 2.05) is 6.92 Å². The summed E-state index contributed by atoms with van der Waals surface area (Å²) in [4.78, 5) is 2.17. The van der Waals surface area contributed by atoms with E-state index in [1.54, 1.807) is 4.31 Å². The average molecular weight is 307 g/mol. The molecule has 118 valence electrons. The highest BCUT2D eigenvalue weighted by Crippen LogP contribution is 2.16. The first kappa shape index (κ1) is 16.1. The van der Waals surface area contributed by atoms with Gasteiger partial charge in [0.15, 0.2) is 0 Å². The highest BCUT2D eigenvalue weighted by atomic mass is 32.2. The Morgan fingerprint density at radius 3 is 2.10 bits per heavy atom. The number of hydrogen-bond acceptors (Lipinski definition) is 5. The van der Waals surface area contributed by atoms with Crippen molar-refractivity contribution in [3.63, 3.8) is 0 Å². The predicted octanol–water partition coefficient (Wildman–Crippen LogP) is -1.05. The van der Waals surface area contributed by atoms with E-state index < -0.39 is 10.2 Å². The Bertz CT molecular complexity index is 386. The van der Waals surface area contributed by atoms with Crippen molar-refractivity contribution in [1.82, 2.24) is 13.5 Å². The minimum Gasteiger partial charge on any atom is -0.395 e. The second-order valence-corrected chi connectivity index (χ2v) is 7.13. The molecule has 2 fully saturated rings. The minimum absolute atomic E-state index is 0.132. The van der Waals surface area contributed by atoms with E-state index in [1.165, 1.54) is 4.31 Å². The Labute approximate surface area is 121 Å². The van der Waals surface area contributed by atoms with Crippen LogP contribution in [0.2, 0.25) is 0 Å². The van der Waals surface area contributed by atoms with Crippen LogP contribution in [-0.4, -0.2) is 92.2 Å². The van der Waals surface area contributed by atoms with Crippen LogP contribution in [0.1, 0.15) is 13.3 Å². The molecule has 0 bridgehead atoms. The second kappa shape index (κ2) is 7.15. The minimum atomic E-state index is -3.35. The molecule has 2 rings (SSSR count).